The summed E-state index contributed by atoms with van der Waals surface area (Å²) in [6.07, 6.45) is 83.6. The Balaban J connectivity index is 4.62. The summed E-state index contributed by atoms with van der Waals surface area (Å²) in [6, 6.07) is 0. The molecule has 364 valence electrons. The van der Waals surface area contributed by atoms with E-state index in [1.807, 2.05) is 6.08 Å². The molecule has 66 heavy (non-hydrogen) atoms. The van der Waals surface area contributed by atoms with E-state index >= 15 is 0 Å². The molecule has 0 aromatic rings. The second-order valence-electron chi connectivity index (χ2n) is 15.6. The quantitative estimate of drug-likeness (QED) is 0.0347. The van der Waals surface area contributed by atoms with Crippen LogP contribution in [-0.4, -0.2) is 37.9 Å². The van der Waals surface area contributed by atoms with Crippen LogP contribution in [0.15, 0.2) is 182 Å². The highest BCUT2D eigenvalue weighted by Gasteiger charge is 2.17. The number of carbonyl (C=O) groups is 2. The molecule has 1 atom stereocenters. The minimum Gasteiger partial charge on any atom is -0.462 e. The molecule has 0 saturated carbocycles. The molecule has 0 aliphatic carbocycles. The summed E-state index contributed by atoms with van der Waals surface area (Å²) in [5.74, 6) is -0.604. The van der Waals surface area contributed by atoms with Crippen LogP contribution in [0.4, 0.5) is 0 Å². The first-order valence-electron chi connectivity index (χ1n) is 25.3. The van der Waals surface area contributed by atoms with E-state index < -0.39 is 6.10 Å². The van der Waals surface area contributed by atoms with Gasteiger partial charge in [-0.15, -0.1) is 0 Å². The molecule has 5 heteroatoms. The third kappa shape index (κ3) is 51.6. The van der Waals surface area contributed by atoms with Crippen molar-refractivity contribution >= 4 is 11.9 Å². The maximum Gasteiger partial charge on any atom is 0.306 e. The number of hydrogen-bond acceptors (Lipinski definition) is 5. The van der Waals surface area contributed by atoms with Crippen molar-refractivity contribution in [1.29, 1.82) is 0 Å². The highest BCUT2D eigenvalue weighted by Crippen LogP contribution is 2.08. The number of ether oxygens (including phenoxy) is 3. The van der Waals surface area contributed by atoms with Crippen molar-refractivity contribution in [3.8, 4) is 0 Å². The summed E-state index contributed by atoms with van der Waals surface area (Å²) in [7, 11) is 0. The smallest absolute Gasteiger partial charge is 0.306 e. The first-order chi connectivity index (χ1) is 32.6. The fourth-order valence-corrected chi connectivity index (χ4v) is 5.82. The number of allylic oxidation sites excluding steroid dienone is 29. The summed E-state index contributed by atoms with van der Waals surface area (Å²) >= 11 is 0. The van der Waals surface area contributed by atoms with Crippen LogP contribution in [0, 0.1) is 0 Å². The van der Waals surface area contributed by atoms with Crippen molar-refractivity contribution in [2.45, 2.75) is 168 Å². The van der Waals surface area contributed by atoms with Crippen molar-refractivity contribution in [3.05, 3.63) is 182 Å². The lowest BCUT2D eigenvalue weighted by molar-refractivity contribution is -0.162. The van der Waals surface area contributed by atoms with Crippen LogP contribution in [-0.2, 0) is 23.8 Å². The van der Waals surface area contributed by atoms with E-state index in [-0.39, 0.29) is 31.6 Å². The number of rotatable bonds is 43. The Bertz CT molecular complexity index is 1580. The second kappa shape index (κ2) is 54.3. The number of carbonyl (C=O) groups excluding carboxylic acids is 2. The van der Waals surface area contributed by atoms with Gasteiger partial charge in [0, 0.05) is 12.8 Å². The van der Waals surface area contributed by atoms with Gasteiger partial charge in [0.05, 0.1) is 13.2 Å². The van der Waals surface area contributed by atoms with Gasteiger partial charge in [-0.1, -0.05) is 203 Å². The number of unbranched alkanes of at least 4 members (excludes halogenated alkanes) is 2. The van der Waals surface area contributed by atoms with E-state index in [0.29, 0.717) is 19.4 Å². The van der Waals surface area contributed by atoms with Crippen molar-refractivity contribution < 1.29 is 23.8 Å². The Morgan fingerprint density at radius 3 is 1.02 bits per heavy atom. The lowest BCUT2D eigenvalue weighted by Gasteiger charge is -2.18. The van der Waals surface area contributed by atoms with Crippen LogP contribution in [0.25, 0.3) is 0 Å². The molecular weight excluding hydrogens is 813 g/mol. The molecule has 0 N–H and O–H groups in total. The molecule has 0 heterocycles. The Morgan fingerprint density at radius 2 is 0.652 bits per heavy atom. The highest BCUT2D eigenvalue weighted by molar-refractivity contribution is 5.70. The summed E-state index contributed by atoms with van der Waals surface area (Å²) < 4.78 is 17.2. The first-order valence-corrected chi connectivity index (χ1v) is 25.3. The SMILES string of the molecule is CC/C=C\C/C=C\C/C=C\C/C=C\C/C=C\C/C=C\CCC(=O)OCC(COCC/C=C\C/C=C\C/C=C\C/C=C\C/C=C\CC)OC(=O)CCCC/C=C\C/C=C\C/C=C\C/C=C\CC. The molecule has 0 aromatic heterocycles. The first kappa shape index (κ1) is 61.0. The minimum absolute atomic E-state index is 0.0159. The van der Waals surface area contributed by atoms with Crippen molar-refractivity contribution in [2.24, 2.45) is 0 Å². The van der Waals surface area contributed by atoms with E-state index in [9.17, 15) is 9.59 Å². The zero-order valence-electron chi connectivity index (χ0n) is 41.6. The van der Waals surface area contributed by atoms with Gasteiger partial charge < -0.3 is 14.2 Å². The Morgan fingerprint density at radius 1 is 0.333 bits per heavy atom. The van der Waals surface area contributed by atoms with Gasteiger partial charge in [-0.2, -0.15) is 0 Å². The van der Waals surface area contributed by atoms with Crippen molar-refractivity contribution in [1.82, 2.24) is 0 Å². The van der Waals surface area contributed by atoms with Crippen molar-refractivity contribution in [2.75, 3.05) is 19.8 Å². The van der Waals surface area contributed by atoms with Gasteiger partial charge in [-0.25, -0.2) is 0 Å². The maximum atomic E-state index is 12.8. The third-order valence-corrected chi connectivity index (χ3v) is 9.45. The van der Waals surface area contributed by atoms with Gasteiger partial charge in [-0.3, -0.25) is 9.59 Å². The molecule has 1 unspecified atom stereocenters. The van der Waals surface area contributed by atoms with E-state index in [0.717, 1.165) is 122 Å². The molecule has 0 aliphatic heterocycles. The van der Waals surface area contributed by atoms with Crippen LogP contribution in [0.2, 0.25) is 0 Å². The van der Waals surface area contributed by atoms with Crippen LogP contribution < -0.4 is 0 Å². The molecule has 0 fully saturated rings. The van der Waals surface area contributed by atoms with Gasteiger partial charge in [0.1, 0.15) is 6.61 Å². The van der Waals surface area contributed by atoms with Crippen molar-refractivity contribution in [3.63, 3.8) is 0 Å². The molecule has 0 rings (SSSR count). The number of esters is 2. The molecule has 0 amide bonds. The highest BCUT2D eigenvalue weighted by atomic mass is 16.6. The van der Waals surface area contributed by atoms with E-state index in [4.69, 9.17) is 14.2 Å². The zero-order chi connectivity index (χ0) is 47.7. The molecule has 0 spiro atoms. The van der Waals surface area contributed by atoms with E-state index in [1.165, 1.54) is 0 Å². The fraction of sp³-hybridized carbons (Fsp3) is 0.475. The Kier molecular flexibility index (Phi) is 50.2. The summed E-state index contributed by atoms with van der Waals surface area (Å²) in [5.41, 5.74) is 0. The lowest BCUT2D eigenvalue weighted by Crippen LogP contribution is -2.30. The van der Waals surface area contributed by atoms with Crippen LogP contribution >= 0.6 is 0 Å². The molecule has 0 aromatic carbocycles. The van der Waals surface area contributed by atoms with Gasteiger partial charge in [0.25, 0.3) is 0 Å². The van der Waals surface area contributed by atoms with E-state index in [1.54, 1.807) is 0 Å². The standard InChI is InChI=1S/C61H90O5/c1-4-7-10-13-16-19-22-25-28-30-31-32-34-36-39-42-45-48-51-54-60(62)65-58-59(57-64-56-53-50-47-44-41-38-35-29-26-23-20-17-14-11-8-5-2)66-61(63)55-52-49-46-43-40-37-33-27-24-21-18-15-12-9-6-3/h7-12,16-21,25-29,31-33,36,38-41,43,45,47-48,50,59H,4-6,13-15,22-24,30,34-35,37,42,44,46,49,51-58H2,1-3H3/b10-7-,11-8-,12-9-,19-16-,20-17-,21-18-,28-25-,29-26-,32-31-,33-27-,39-36-,41-38-,43-40-,48-45-,50-47-. The second-order valence-corrected chi connectivity index (χ2v) is 15.6. The van der Waals surface area contributed by atoms with E-state index in [2.05, 4.69) is 197 Å². The normalized spacial score (nSPS) is 13.8. The van der Waals surface area contributed by atoms with Gasteiger partial charge >= 0.3 is 11.9 Å². The van der Waals surface area contributed by atoms with Gasteiger partial charge in [0.2, 0.25) is 0 Å². The summed E-state index contributed by atoms with van der Waals surface area (Å²) in [5, 5.41) is 0. The monoisotopic (exact) mass is 903 g/mol. The topological polar surface area (TPSA) is 61.8 Å². The maximum absolute atomic E-state index is 12.8. The van der Waals surface area contributed by atoms with Gasteiger partial charge in [-0.05, 0) is 128 Å². The Hall–Kier alpha value is -5.00. The van der Waals surface area contributed by atoms with Crippen LogP contribution in [0.3, 0.4) is 0 Å². The lowest BCUT2D eigenvalue weighted by atomic mass is 10.2. The average Bonchev–Trinajstić information content (AvgIpc) is 3.32. The zero-order valence-corrected chi connectivity index (χ0v) is 41.6. The summed E-state index contributed by atoms with van der Waals surface area (Å²) in [6.45, 7) is 7.10. The van der Waals surface area contributed by atoms with Crippen LogP contribution in [0.5, 0.6) is 0 Å². The fourth-order valence-electron chi connectivity index (χ4n) is 5.82. The predicted molar refractivity (Wildman–Crippen MR) is 287 cm³/mol. The van der Waals surface area contributed by atoms with Gasteiger partial charge in [0.15, 0.2) is 6.10 Å². The summed E-state index contributed by atoms with van der Waals surface area (Å²) in [4.78, 5) is 25.4. The van der Waals surface area contributed by atoms with Crippen LogP contribution in [0.1, 0.15) is 162 Å². The largest absolute Gasteiger partial charge is 0.462 e. The molecule has 0 saturated heterocycles. The molecule has 0 radical (unpaired) electrons. The molecule has 0 bridgehead atoms. The Labute approximate surface area is 404 Å². The average molecular weight is 903 g/mol. The molecular formula is C61H90O5. The predicted octanol–water partition coefficient (Wildman–Crippen LogP) is 17.4. The molecule has 5 nitrogen and oxygen atoms in total. The third-order valence-electron chi connectivity index (χ3n) is 9.45. The molecule has 0 aliphatic rings. The minimum atomic E-state index is -0.644. The number of hydrogen-bond donors (Lipinski definition) is 0.